The van der Waals surface area contributed by atoms with Crippen LogP contribution in [-0.4, -0.2) is 26.3 Å². The predicted molar refractivity (Wildman–Crippen MR) is 56.0 cm³/mol. The second-order valence-electron chi connectivity index (χ2n) is 3.66. The third-order valence-electron chi connectivity index (χ3n) is 2.33. The van der Waals surface area contributed by atoms with Crippen LogP contribution < -0.4 is 5.32 Å². The maximum absolute atomic E-state index is 5.55. The van der Waals surface area contributed by atoms with Gasteiger partial charge in [0.05, 0.1) is 6.61 Å². The topological polar surface area (TPSA) is 21.3 Å². The van der Waals surface area contributed by atoms with Crippen LogP contribution in [0.3, 0.4) is 0 Å². The highest BCUT2D eigenvalue weighted by Gasteiger charge is 2.12. The summed E-state index contributed by atoms with van der Waals surface area (Å²) in [6, 6.07) is 0. The van der Waals surface area contributed by atoms with Crippen LogP contribution in [0.15, 0.2) is 11.1 Å². The van der Waals surface area contributed by atoms with Crippen molar-refractivity contribution in [1.82, 2.24) is 5.32 Å². The van der Waals surface area contributed by atoms with Crippen LogP contribution in [0.5, 0.6) is 0 Å². The second kappa shape index (κ2) is 6.41. The molecule has 76 valence electrons. The average molecular weight is 204 g/mol. The molecule has 1 aliphatic rings. The SMILES string of the molecule is CC(=CCl)COCC1CCNCC1. The summed E-state index contributed by atoms with van der Waals surface area (Å²) in [6.07, 6.45) is 2.48. The second-order valence-corrected chi connectivity index (χ2v) is 3.88. The van der Waals surface area contributed by atoms with Crippen molar-refractivity contribution < 1.29 is 4.74 Å². The molecule has 2 nitrogen and oxygen atoms in total. The monoisotopic (exact) mass is 203 g/mol. The van der Waals surface area contributed by atoms with Crippen LogP contribution in [0.4, 0.5) is 0 Å². The molecule has 1 aliphatic heterocycles. The smallest absolute Gasteiger partial charge is 0.0685 e. The molecule has 1 N–H and O–H groups in total. The van der Waals surface area contributed by atoms with Crippen molar-refractivity contribution in [2.75, 3.05) is 26.3 Å². The molecule has 1 heterocycles. The number of hydrogen-bond acceptors (Lipinski definition) is 2. The molecule has 0 atom stereocenters. The van der Waals surface area contributed by atoms with Gasteiger partial charge in [0.1, 0.15) is 0 Å². The minimum Gasteiger partial charge on any atom is -0.377 e. The Balaban J connectivity index is 2.04. The zero-order chi connectivity index (χ0) is 9.52. The lowest BCUT2D eigenvalue weighted by Gasteiger charge is -2.22. The maximum atomic E-state index is 5.55. The van der Waals surface area contributed by atoms with Crippen molar-refractivity contribution in [2.45, 2.75) is 19.8 Å². The highest BCUT2D eigenvalue weighted by molar-refractivity contribution is 6.25. The lowest BCUT2D eigenvalue weighted by atomic mass is 9.99. The van der Waals surface area contributed by atoms with Crippen LogP contribution >= 0.6 is 11.6 Å². The van der Waals surface area contributed by atoms with Crippen LogP contribution in [0, 0.1) is 5.92 Å². The molecule has 1 fully saturated rings. The Morgan fingerprint density at radius 1 is 1.54 bits per heavy atom. The number of ether oxygens (including phenoxy) is 1. The van der Waals surface area contributed by atoms with Crippen molar-refractivity contribution in [3.8, 4) is 0 Å². The van der Waals surface area contributed by atoms with Crippen molar-refractivity contribution in [3.63, 3.8) is 0 Å². The molecule has 0 unspecified atom stereocenters. The minimum atomic E-state index is 0.674. The van der Waals surface area contributed by atoms with Gasteiger partial charge in [0, 0.05) is 12.1 Å². The third kappa shape index (κ3) is 4.65. The lowest BCUT2D eigenvalue weighted by Crippen LogP contribution is -2.30. The zero-order valence-corrected chi connectivity index (χ0v) is 8.94. The third-order valence-corrected chi connectivity index (χ3v) is 2.70. The van der Waals surface area contributed by atoms with Gasteiger partial charge in [-0.3, -0.25) is 0 Å². The molecule has 0 radical (unpaired) electrons. The Morgan fingerprint density at radius 2 is 2.23 bits per heavy atom. The van der Waals surface area contributed by atoms with Crippen LogP contribution in [0.2, 0.25) is 0 Å². The Hall–Kier alpha value is -0.0500. The minimum absolute atomic E-state index is 0.674. The van der Waals surface area contributed by atoms with E-state index in [1.54, 1.807) is 5.54 Å². The van der Waals surface area contributed by atoms with E-state index >= 15 is 0 Å². The highest BCUT2D eigenvalue weighted by Crippen LogP contribution is 2.12. The van der Waals surface area contributed by atoms with E-state index in [0.29, 0.717) is 6.61 Å². The summed E-state index contributed by atoms with van der Waals surface area (Å²) in [4.78, 5) is 0. The van der Waals surface area contributed by atoms with E-state index in [2.05, 4.69) is 5.32 Å². The molecule has 0 spiro atoms. The van der Waals surface area contributed by atoms with Crippen LogP contribution in [0.25, 0.3) is 0 Å². The summed E-state index contributed by atoms with van der Waals surface area (Å²) in [5.41, 5.74) is 2.68. The van der Waals surface area contributed by atoms with Gasteiger partial charge in [-0.05, 0) is 44.3 Å². The van der Waals surface area contributed by atoms with Gasteiger partial charge in [-0.1, -0.05) is 11.6 Å². The fraction of sp³-hybridized carbons (Fsp3) is 0.800. The van der Waals surface area contributed by atoms with E-state index in [0.717, 1.165) is 31.2 Å². The standard InChI is InChI=1S/C10H18ClNO/c1-9(6-11)7-13-8-10-2-4-12-5-3-10/h6,10,12H,2-5,7-8H2,1H3. The average Bonchev–Trinajstić information content (AvgIpc) is 2.19. The Kier molecular flexibility index (Phi) is 5.44. The molecule has 1 saturated heterocycles. The van der Waals surface area contributed by atoms with E-state index in [9.17, 15) is 0 Å². The van der Waals surface area contributed by atoms with Gasteiger partial charge >= 0.3 is 0 Å². The summed E-state index contributed by atoms with van der Waals surface area (Å²) in [5.74, 6) is 0.740. The molecule has 0 saturated carbocycles. The fourth-order valence-corrected chi connectivity index (χ4v) is 1.53. The predicted octanol–water partition coefficient (Wildman–Crippen LogP) is 2.15. The molecular formula is C10H18ClNO. The Bertz CT molecular complexity index is 164. The van der Waals surface area contributed by atoms with Crippen molar-refractivity contribution in [3.05, 3.63) is 11.1 Å². The summed E-state index contributed by atoms with van der Waals surface area (Å²) in [5, 5.41) is 3.34. The molecule has 3 heteroatoms. The summed E-state index contributed by atoms with van der Waals surface area (Å²) in [6.45, 7) is 5.81. The summed E-state index contributed by atoms with van der Waals surface area (Å²) >= 11 is 5.52. The quantitative estimate of drug-likeness (QED) is 0.756. The number of piperidine rings is 1. The van der Waals surface area contributed by atoms with Crippen molar-refractivity contribution in [2.24, 2.45) is 5.92 Å². The largest absolute Gasteiger partial charge is 0.377 e. The van der Waals surface area contributed by atoms with Crippen LogP contribution in [0.1, 0.15) is 19.8 Å². The van der Waals surface area contributed by atoms with Gasteiger partial charge in [0.2, 0.25) is 0 Å². The van der Waals surface area contributed by atoms with E-state index in [4.69, 9.17) is 16.3 Å². The number of rotatable bonds is 4. The first-order valence-corrected chi connectivity index (χ1v) is 5.31. The number of hydrogen-bond donors (Lipinski definition) is 1. The van der Waals surface area contributed by atoms with Gasteiger partial charge in [-0.25, -0.2) is 0 Å². The van der Waals surface area contributed by atoms with E-state index in [1.807, 2.05) is 6.92 Å². The van der Waals surface area contributed by atoms with E-state index < -0.39 is 0 Å². The Morgan fingerprint density at radius 3 is 2.85 bits per heavy atom. The van der Waals surface area contributed by atoms with Crippen molar-refractivity contribution in [1.29, 1.82) is 0 Å². The molecule has 0 aromatic carbocycles. The van der Waals surface area contributed by atoms with Crippen LogP contribution in [-0.2, 0) is 4.74 Å². The lowest BCUT2D eigenvalue weighted by molar-refractivity contribution is 0.104. The molecular weight excluding hydrogens is 186 g/mol. The zero-order valence-electron chi connectivity index (χ0n) is 8.18. The molecule has 13 heavy (non-hydrogen) atoms. The summed E-state index contributed by atoms with van der Waals surface area (Å²) in [7, 11) is 0. The molecule has 0 aromatic heterocycles. The highest BCUT2D eigenvalue weighted by atomic mass is 35.5. The van der Waals surface area contributed by atoms with Crippen molar-refractivity contribution >= 4 is 11.6 Å². The first-order valence-electron chi connectivity index (χ1n) is 4.87. The molecule has 0 aliphatic carbocycles. The molecule has 0 bridgehead atoms. The molecule has 1 rings (SSSR count). The van der Waals surface area contributed by atoms with Gasteiger partial charge in [-0.2, -0.15) is 0 Å². The van der Waals surface area contributed by atoms with Gasteiger partial charge < -0.3 is 10.1 Å². The maximum Gasteiger partial charge on any atom is 0.0685 e. The van der Waals surface area contributed by atoms with Gasteiger partial charge in [0.15, 0.2) is 0 Å². The van der Waals surface area contributed by atoms with Gasteiger partial charge in [-0.15, -0.1) is 0 Å². The fourth-order valence-electron chi connectivity index (χ4n) is 1.47. The van der Waals surface area contributed by atoms with E-state index in [-0.39, 0.29) is 0 Å². The molecule has 0 aromatic rings. The first kappa shape index (κ1) is 11.0. The number of halogens is 1. The van der Waals surface area contributed by atoms with E-state index in [1.165, 1.54) is 12.8 Å². The number of nitrogens with one attached hydrogen (secondary N) is 1. The Labute approximate surface area is 85.3 Å². The normalized spacial score (nSPS) is 20.6. The summed E-state index contributed by atoms with van der Waals surface area (Å²) < 4.78 is 5.55. The molecule has 0 amide bonds. The van der Waals surface area contributed by atoms with Gasteiger partial charge in [0.25, 0.3) is 0 Å². The first-order chi connectivity index (χ1) is 6.33.